The van der Waals surface area contributed by atoms with Crippen molar-refractivity contribution in [2.75, 3.05) is 12.9 Å². The molecular weight excluding hydrogens is 401 g/mol. The third-order valence-corrected chi connectivity index (χ3v) is 5.35. The first-order valence-corrected chi connectivity index (χ1v) is 9.22. The van der Waals surface area contributed by atoms with Crippen LogP contribution < -0.4 is 15.7 Å². The van der Waals surface area contributed by atoms with Gasteiger partial charge in [-0.1, -0.05) is 0 Å². The number of hydrogen-bond donors (Lipinski definition) is 1. The summed E-state index contributed by atoms with van der Waals surface area (Å²) in [7, 11) is 1.29. The first kappa shape index (κ1) is 22.0. The molecule has 2 heterocycles. The van der Waals surface area contributed by atoms with Crippen LogP contribution in [0.5, 0.6) is 5.75 Å². The van der Waals surface area contributed by atoms with E-state index in [1.165, 1.54) is 27.0 Å². The summed E-state index contributed by atoms with van der Waals surface area (Å²) in [6.07, 6.45) is -6.21. The molecule has 1 aliphatic rings. The maximum Gasteiger partial charge on any atom is 0.389 e. The van der Waals surface area contributed by atoms with Crippen LogP contribution in [-0.4, -0.2) is 41.3 Å². The number of aliphatic imine (C=N–C) groups is 1. The lowest BCUT2D eigenvalue weighted by Crippen LogP contribution is -2.45. The number of nitrogens with zero attached hydrogens (tertiary/aromatic N) is 1. The van der Waals surface area contributed by atoms with Gasteiger partial charge in [-0.25, -0.2) is 4.79 Å². The number of thioether (sulfide) groups is 1. The molecule has 1 aromatic rings. The Morgan fingerprint density at radius 2 is 2.11 bits per heavy atom. The lowest BCUT2D eigenvalue weighted by molar-refractivity contribution is -0.139. The predicted octanol–water partition coefficient (Wildman–Crippen LogP) is 2.64. The van der Waals surface area contributed by atoms with Crippen molar-refractivity contribution in [2.24, 2.45) is 4.99 Å². The third kappa shape index (κ3) is 5.60. The van der Waals surface area contributed by atoms with Gasteiger partial charge >= 0.3 is 11.8 Å². The zero-order chi connectivity index (χ0) is 21.1. The molecule has 7 nitrogen and oxygen atoms in total. The number of halogens is 3. The quantitative estimate of drug-likeness (QED) is 0.728. The first-order chi connectivity index (χ1) is 12.9. The summed E-state index contributed by atoms with van der Waals surface area (Å²) in [6.45, 7) is 2.79. The van der Waals surface area contributed by atoms with Gasteiger partial charge in [0, 0.05) is 25.2 Å². The number of methoxy groups -OCH3 is 1. The summed E-state index contributed by atoms with van der Waals surface area (Å²) in [5.41, 5.74) is -2.14. The topological polar surface area (TPSA) is 98.0 Å². The van der Waals surface area contributed by atoms with Gasteiger partial charge in [0.25, 0.3) is 0 Å². The summed E-state index contributed by atoms with van der Waals surface area (Å²) in [4.78, 5) is 39.9. The van der Waals surface area contributed by atoms with Gasteiger partial charge in [-0.05, 0) is 13.3 Å². The van der Waals surface area contributed by atoms with E-state index in [4.69, 9.17) is 9.15 Å². The molecule has 0 radical (unpaired) electrons. The number of ketones is 1. The zero-order valence-corrected chi connectivity index (χ0v) is 16.2. The second kappa shape index (κ2) is 8.38. The molecular formula is C17H19F3N2O5S. The minimum Gasteiger partial charge on any atom is -0.496 e. The van der Waals surface area contributed by atoms with Crippen molar-refractivity contribution in [3.05, 3.63) is 28.3 Å². The van der Waals surface area contributed by atoms with Crippen LogP contribution in [0, 0.1) is 0 Å². The van der Waals surface area contributed by atoms with Crippen molar-refractivity contribution in [3.8, 4) is 5.75 Å². The van der Waals surface area contributed by atoms with Crippen LogP contribution in [0.1, 0.15) is 38.5 Å². The van der Waals surface area contributed by atoms with Crippen LogP contribution >= 0.6 is 11.8 Å². The summed E-state index contributed by atoms with van der Waals surface area (Å²) in [5, 5.41) is 2.65. The SMILES string of the molecule is COc1cc([C@@H](CCC(F)(F)F)NC(=O)[C@]2(C)CSC(C(C)=O)=N2)oc(=O)c1. The van der Waals surface area contributed by atoms with E-state index >= 15 is 0 Å². The van der Waals surface area contributed by atoms with E-state index in [0.717, 1.165) is 17.8 Å². The monoisotopic (exact) mass is 420 g/mol. The number of carbonyl (C=O) groups excluding carboxylic acids is 2. The van der Waals surface area contributed by atoms with Gasteiger partial charge in [0.1, 0.15) is 22.1 Å². The minimum absolute atomic E-state index is 0.0945. The van der Waals surface area contributed by atoms with Gasteiger partial charge in [-0.3, -0.25) is 14.6 Å². The molecule has 0 fully saturated rings. The zero-order valence-electron chi connectivity index (χ0n) is 15.4. The van der Waals surface area contributed by atoms with E-state index in [2.05, 4.69) is 10.3 Å². The van der Waals surface area contributed by atoms with E-state index < -0.39 is 42.1 Å². The van der Waals surface area contributed by atoms with Crippen LogP contribution in [0.15, 0.2) is 26.3 Å². The summed E-state index contributed by atoms with van der Waals surface area (Å²) >= 11 is 1.10. The van der Waals surface area contributed by atoms with Crippen molar-refractivity contribution in [2.45, 2.75) is 44.4 Å². The number of hydrogen-bond acceptors (Lipinski definition) is 7. The molecule has 0 aliphatic carbocycles. The molecule has 1 aliphatic heterocycles. The average Bonchev–Trinajstić information content (AvgIpc) is 3.01. The summed E-state index contributed by atoms with van der Waals surface area (Å²) in [5.74, 6) is -0.867. The van der Waals surface area contributed by atoms with Gasteiger partial charge in [-0.15, -0.1) is 11.8 Å². The van der Waals surface area contributed by atoms with Gasteiger partial charge in [-0.2, -0.15) is 13.2 Å². The Balaban J connectivity index is 2.30. The normalized spacial score (nSPS) is 20.4. The average molecular weight is 420 g/mol. The van der Waals surface area contributed by atoms with Crippen LogP contribution in [-0.2, 0) is 9.59 Å². The molecule has 1 amide bonds. The highest BCUT2D eigenvalue weighted by Crippen LogP contribution is 2.32. The molecule has 0 unspecified atom stereocenters. The van der Waals surface area contributed by atoms with Crippen molar-refractivity contribution in [1.29, 1.82) is 0 Å². The fraction of sp³-hybridized carbons (Fsp3) is 0.529. The molecule has 154 valence electrons. The number of ether oxygens (including phenoxy) is 1. The number of amides is 1. The molecule has 1 aromatic heterocycles. The number of alkyl halides is 3. The Labute approximate surface area is 162 Å². The Morgan fingerprint density at radius 1 is 1.43 bits per heavy atom. The molecule has 0 saturated carbocycles. The highest BCUT2D eigenvalue weighted by Gasteiger charge is 2.41. The predicted molar refractivity (Wildman–Crippen MR) is 96.7 cm³/mol. The Hall–Kier alpha value is -2.30. The Morgan fingerprint density at radius 3 is 2.64 bits per heavy atom. The summed E-state index contributed by atoms with van der Waals surface area (Å²) in [6, 6.07) is 1.05. The van der Waals surface area contributed by atoms with Gasteiger partial charge in [0.2, 0.25) is 5.91 Å². The van der Waals surface area contributed by atoms with Crippen LogP contribution in [0.2, 0.25) is 0 Å². The summed E-state index contributed by atoms with van der Waals surface area (Å²) < 4.78 is 48.1. The smallest absolute Gasteiger partial charge is 0.389 e. The van der Waals surface area contributed by atoms with Crippen LogP contribution in [0.3, 0.4) is 0 Å². The maximum atomic E-state index is 12.7. The van der Waals surface area contributed by atoms with E-state index in [-0.39, 0.29) is 28.1 Å². The second-order valence-corrected chi connectivity index (χ2v) is 7.40. The fourth-order valence-electron chi connectivity index (χ4n) is 2.46. The van der Waals surface area contributed by atoms with E-state index in [1.807, 2.05) is 0 Å². The van der Waals surface area contributed by atoms with Gasteiger partial charge < -0.3 is 14.5 Å². The highest BCUT2D eigenvalue weighted by molar-refractivity contribution is 8.16. The Bertz CT molecular complexity index is 852. The van der Waals surface area contributed by atoms with E-state index in [1.54, 1.807) is 0 Å². The molecule has 0 aromatic carbocycles. The van der Waals surface area contributed by atoms with Crippen molar-refractivity contribution < 1.29 is 31.9 Å². The molecule has 0 spiro atoms. The molecule has 11 heteroatoms. The van der Waals surface area contributed by atoms with Crippen LogP contribution in [0.25, 0.3) is 0 Å². The fourth-order valence-corrected chi connectivity index (χ4v) is 3.55. The van der Waals surface area contributed by atoms with Crippen molar-refractivity contribution in [3.63, 3.8) is 0 Å². The largest absolute Gasteiger partial charge is 0.496 e. The molecule has 0 saturated heterocycles. The maximum absolute atomic E-state index is 12.7. The molecule has 28 heavy (non-hydrogen) atoms. The second-order valence-electron chi connectivity index (χ2n) is 6.43. The number of rotatable bonds is 7. The number of carbonyl (C=O) groups is 2. The highest BCUT2D eigenvalue weighted by atomic mass is 32.2. The minimum atomic E-state index is -4.46. The first-order valence-electron chi connectivity index (χ1n) is 8.24. The Kier molecular flexibility index (Phi) is 6.58. The number of Topliss-reactive ketones (excluding diaryl/α,β-unsaturated/α-hetero) is 1. The standard InChI is InChI=1S/C17H19F3N2O5S/c1-9(23)14-22-16(2,8-28-14)15(25)21-11(4-5-17(18,19)20)12-6-10(26-3)7-13(24)27-12/h6-7,11H,4-5,8H2,1-3H3,(H,21,25)/t11-,16+/m1/s1. The van der Waals surface area contributed by atoms with Gasteiger partial charge in [0.15, 0.2) is 5.78 Å². The molecule has 2 atom stereocenters. The van der Waals surface area contributed by atoms with Crippen molar-refractivity contribution >= 4 is 28.5 Å². The molecule has 0 bridgehead atoms. The van der Waals surface area contributed by atoms with E-state index in [0.29, 0.717) is 0 Å². The van der Waals surface area contributed by atoms with Crippen molar-refractivity contribution in [1.82, 2.24) is 5.32 Å². The van der Waals surface area contributed by atoms with Crippen LogP contribution in [0.4, 0.5) is 13.2 Å². The molecule has 1 N–H and O–H groups in total. The molecule has 2 rings (SSSR count). The van der Waals surface area contributed by atoms with E-state index in [9.17, 15) is 27.6 Å². The lowest BCUT2D eigenvalue weighted by atomic mass is 10.0. The lowest BCUT2D eigenvalue weighted by Gasteiger charge is -2.24. The third-order valence-electron chi connectivity index (χ3n) is 3.99. The van der Waals surface area contributed by atoms with Gasteiger partial charge in [0.05, 0.1) is 19.2 Å². The number of nitrogens with one attached hydrogen (secondary N) is 1.